The third-order valence-corrected chi connectivity index (χ3v) is 4.82. The lowest BCUT2D eigenvalue weighted by Gasteiger charge is -2.28. The van der Waals surface area contributed by atoms with Gasteiger partial charge in [-0.3, -0.25) is 9.10 Å². The fourth-order valence-corrected chi connectivity index (χ4v) is 3.39. The van der Waals surface area contributed by atoms with Gasteiger partial charge in [-0.25, -0.2) is 8.42 Å². The van der Waals surface area contributed by atoms with Crippen molar-refractivity contribution in [2.24, 2.45) is 0 Å². The molecule has 1 heterocycles. The molecule has 0 radical (unpaired) electrons. The molecule has 0 atom stereocenters. The molecule has 0 aromatic heterocycles. The molecule has 0 saturated carbocycles. The highest BCUT2D eigenvalue weighted by atomic mass is 35.5. The lowest BCUT2D eigenvalue weighted by molar-refractivity contribution is -0.134. The SMILES string of the molecule is CS(=O)(=O)N(CCC(=O)N1CCOCC1)c1cccc(Cl)c1. The normalized spacial score (nSPS) is 15.6. The van der Waals surface area contributed by atoms with Gasteiger partial charge in [-0.15, -0.1) is 0 Å². The van der Waals surface area contributed by atoms with Gasteiger partial charge in [0, 0.05) is 31.1 Å². The van der Waals surface area contributed by atoms with E-state index in [0.717, 1.165) is 6.26 Å². The molecule has 122 valence electrons. The number of hydrogen-bond donors (Lipinski definition) is 0. The summed E-state index contributed by atoms with van der Waals surface area (Å²) in [6, 6.07) is 6.58. The number of carbonyl (C=O) groups is 1. The first-order chi connectivity index (χ1) is 10.4. The fourth-order valence-electron chi connectivity index (χ4n) is 2.29. The molecule has 1 saturated heterocycles. The number of ether oxygens (including phenoxy) is 1. The van der Waals surface area contributed by atoms with Crippen LogP contribution in [-0.2, 0) is 19.6 Å². The predicted octanol–water partition coefficient (Wildman–Crippen LogP) is 1.35. The zero-order valence-electron chi connectivity index (χ0n) is 12.4. The van der Waals surface area contributed by atoms with Crippen molar-refractivity contribution >= 4 is 33.2 Å². The van der Waals surface area contributed by atoms with Crippen LogP contribution in [0.3, 0.4) is 0 Å². The van der Waals surface area contributed by atoms with Gasteiger partial charge >= 0.3 is 0 Å². The highest BCUT2D eigenvalue weighted by Crippen LogP contribution is 2.22. The maximum absolute atomic E-state index is 12.2. The molecule has 22 heavy (non-hydrogen) atoms. The van der Waals surface area contributed by atoms with Gasteiger partial charge in [0.25, 0.3) is 0 Å². The molecule has 1 aliphatic rings. The van der Waals surface area contributed by atoms with Crippen molar-refractivity contribution < 1.29 is 17.9 Å². The van der Waals surface area contributed by atoms with E-state index in [0.29, 0.717) is 37.0 Å². The van der Waals surface area contributed by atoms with Crippen molar-refractivity contribution in [1.82, 2.24) is 4.90 Å². The van der Waals surface area contributed by atoms with E-state index in [-0.39, 0.29) is 18.9 Å². The van der Waals surface area contributed by atoms with Crippen molar-refractivity contribution in [1.29, 1.82) is 0 Å². The summed E-state index contributed by atoms with van der Waals surface area (Å²) in [5, 5.41) is 0.450. The van der Waals surface area contributed by atoms with Gasteiger partial charge in [-0.2, -0.15) is 0 Å². The molecule has 2 rings (SSSR count). The van der Waals surface area contributed by atoms with Crippen LogP contribution >= 0.6 is 11.6 Å². The van der Waals surface area contributed by atoms with Crippen molar-refractivity contribution in [3.63, 3.8) is 0 Å². The number of halogens is 1. The minimum Gasteiger partial charge on any atom is -0.378 e. The average molecular weight is 347 g/mol. The zero-order valence-corrected chi connectivity index (χ0v) is 13.9. The van der Waals surface area contributed by atoms with E-state index >= 15 is 0 Å². The van der Waals surface area contributed by atoms with Gasteiger partial charge in [0.1, 0.15) is 0 Å². The third-order valence-electron chi connectivity index (χ3n) is 3.39. The summed E-state index contributed by atoms with van der Waals surface area (Å²) >= 11 is 5.91. The summed E-state index contributed by atoms with van der Waals surface area (Å²) in [6.45, 7) is 2.24. The molecule has 0 N–H and O–H groups in total. The standard InChI is InChI=1S/C14H19ClN2O4S/c1-22(19,20)17(13-4-2-3-12(15)11-13)6-5-14(18)16-7-9-21-10-8-16/h2-4,11H,5-10H2,1H3. The fraction of sp³-hybridized carbons (Fsp3) is 0.500. The maximum Gasteiger partial charge on any atom is 0.232 e. The van der Waals surface area contributed by atoms with E-state index in [1.165, 1.54) is 4.31 Å². The average Bonchev–Trinajstić information content (AvgIpc) is 2.47. The number of benzene rings is 1. The van der Waals surface area contributed by atoms with Crippen LogP contribution < -0.4 is 4.31 Å². The summed E-state index contributed by atoms with van der Waals surface area (Å²) in [6.07, 6.45) is 1.24. The number of sulfonamides is 1. The molecule has 0 bridgehead atoms. The Kier molecular flexibility index (Phi) is 5.66. The van der Waals surface area contributed by atoms with E-state index in [9.17, 15) is 13.2 Å². The Morgan fingerprint density at radius 2 is 2.05 bits per heavy atom. The Labute approximate surface area is 135 Å². The number of rotatable bonds is 5. The van der Waals surface area contributed by atoms with Gasteiger partial charge in [0.15, 0.2) is 0 Å². The smallest absolute Gasteiger partial charge is 0.232 e. The first-order valence-corrected chi connectivity index (χ1v) is 9.19. The lowest BCUT2D eigenvalue weighted by atomic mass is 10.3. The van der Waals surface area contributed by atoms with Crippen LogP contribution in [0.25, 0.3) is 0 Å². The van der Waals surface area contributed by atoms with E-state index in [1.807, 2.05) is 0 Å². The van der Waals surface area contributed by atoms with Crippen LogP contribution in [0.1, 0.15) is 6.42 Å². The van der Waals surface area contributed by atoms with Crippen LogP contribution in [0.15, 0.2) is 24.3 Å². The molecular formula is C14H19ClN2O4S. The summed E-state index contributed by atoms with van der Waals surface area (Å²) in [5.74, 6) is -0.0704. The lowest BCUT2D eigenvalue weighted by Crippen LogP contribution is -2.42. The Bertz CT molecular complexity index is 629. The zero-order chi connectivity index (χ0) is 16.2. The van der Waals surface area contributed by atoms with Crippen LogP contribution in [0.2, 0.25) is 5.02 Å². The Morgan fingerprint density at radius 1 is 1.36 bits per heavy atom. The van der Waals surface area contributed by atoms with Gasteiger partial charge < -0.3 is 9.64 Å². The monoisotopic (exact) mass is 346 g/mol. The minimum atomic E-state index is -3.48. The number of hydrogen-bond acceptors (Lipinski definition) is 4. The van der Waals surface area contributed by atoms with E-state index < -0.39 is 10.0 Å². The molecule has 1 amide bonds. The highest BCUT2D eigenvalue weighted by Gasteiger charge is 2.22. The quantitative estimate of drug-likeness (QED) is 0.807. The van der Waals surface area contributed by atoms with Gasteiger partial charge in [-0.05, 0) is 18.2 Å². The van der Waals surface area contributed by atoms with E-state index in [2.05, 4.69) is 0 Å². The van der Waals surface area contributed by atoms with Crippen molar-refractivity contribution in [3.8, 4) is 0 Å². The third kappa shape index (κ3) is 4.59. The van der Waals surface area contributed by atoms with Gasteiger partial charge in [0.2, 0.25) is 15.9 Å². The topological polar surface area (TPSA) is 66.9 Å². The molecule has 8 heteroatoms. The van der Waals surface area contributed by atoms with Crippen molar-refractivity contribution in [3.05, 3.63) is 29.3 Å². The summed E-state index contributed by atoms with van der Waals surface area (Å²) in [5.41, 5.74) is 0.463. The van der Waals surface area contributed by atoms with Crippen LogP contribution in [0.5, 0.6) is 0 Å². The number of anilines is 1. The Hall–Kier alpha value is -1.31. The second-order valence-corrected chi connectivity index (χ2v) is 7.40. The predicted molar refractivity (Wildman–Crippen MR) is 85.7 cm³/mol. The second kappa shape index (κ2) is 7.30. The molecule has 1 aromatic rings. The molecule has 0 aliphatic carbocycles. The molecular weight excluding hydrogens is 328 g/mol. The van der Waals surface area contributed by atoms with Crippen LogP contribution in [0, 0.1) is 0 Å². The molecule has 1 aromatic carbocycles. The van der Waals surface area contributed by atoms with E-state index in [4.69, 9.17) is 16.3 Å². The number of amides is 1. The largest absolute Gasteiger partial charge is 0.378 e. The van der Waals surface area contributed by atoms with E-state index in [1.54, 1.807) is 29.2 Å². The minimum absolute atomic E-state index is 0.0704. The summed E-state index contributed by atoms with van der Waals surface area (Å²) in [7, 11) is -3.48. The van der Waals surface area contributed by atoms with Crippen LogP contribution in [0.4, 0.5) is 5.69 Å². The Morgan fingerprint density at radius 3 is 2.64 bits per heavy atom. The number of carbonyl (C=O) groups excluding carboxylic acids is 1. The summed E-state index contributed by atoms with van der Waals surface area (Å²) < 4.78 is 30.3. The Balaban J connectivity index is 2.06. The molecule has 1 fully saturated rings. The first-order valence-electron chi connectivity index (χ1n) is 6.97. The van der Waals surface area contributed by atoms with Crippen LogP contribution in [-0.4, -0.2) is 58.3 Å². The molecule has 0 spiro atoms. The van der Waals surface area contributed by atoms with Gasteiger partial charge in [0.05, 0.1) is 25.2 Å². The maximum atomic E-state index is 12.2. The molecule has 6 nitrogen and oxygen atoms in total. The molecule has 1 aliphatic heterocycles. The highest BCUT2D eigenvalue weighted by molar-refractivity contribution is 7.92. The second-order valence-electron chi connectivity index (χ2n) is 5.06. The van der Waals surface area contributed by atoms with Gasteiger partial charge in [-0.1, -0.05) is 17.7 Å². The number of nitrogens with zero attached hydrogens (tertiary/aromatic N) is 2. The summed E-state index contributed by atoms with van der Waals surface area (Å²) in [4.78, 5) is 13.8. The first kappa shape index (κ1) is 17.1. The number of morpholine rings is 1. The van der Waals surface area contributed by atoms with Crippen molar-refractivity contribution in [2.75, 3.05) is 43.4 Å². The molecule has 0 unspecified atom stereocenters. The van der Waals surface area contributed by atoms with Crippen molar-refractivity contribution in [2.45, 2.75) is 6.42 Å².